The zero-order valence-electron chi connectivity index (χ0n) is 13.1. The monoisotopic (exact) mass is 272 g/mol. The molecule has 0 spiro atoms. The second-order valence-corrected chi connectivity index (χ2v) is 6.34. The van der Waals surface area contributed by atoms with Crippen molar-refractivity contribution in [1.29, 1.82) is 0 Å². The Kier molecular flexibility index (Phi) is 3.89. The summed E-state index contributed by atoms with van der Waals surface area (Å²) in [6.07, 6.45) is 1.04. The zero-order valence-corrected chi connectivity index (χ0v) is 13.1. The van der Waals surface area contributed by atoms with E-state index in [4.69, 9.17) is 0 Å². The molecule has 2 N–H and O–H groups in total. The molecule has 0 fully saturated rings. The van der Waals surface area contributed by atoms with E-state index in [0.29, 0.717) is 6.54 Å². The zero-order chi connectivity index (χ0) is 14.9. The van der Waals surface area contributed by atoms with Crippen molar-refractivity contribution in [3.05, 3.63) is 35.0 Å². The lowest BCUT2D eigenvalue weighted by atomic mass is 9.90. The van der Waals surface area contributed by atoms with Crippen LogP contribution in [0.15, 0.2) is 18.2 Å². The van der Waals surface area contributed by atoms with Gasteiger partial charge in [0, 0.05) is 28.7 Å². The van der Waals surface area contributed by atoms with E-state index in [1.807, 2.05) is 18.2 Å². The molecular formula is C17H24N2O. The molecule has 0 aliphatic heterocycles. The molecule has 2 aromatic rings. The molecule has 108 valence electrons. The van der Waals surface area contributed by atoms with Crippen molar-refractivity contribution >= 4 is 16.8 Å². The Morgan fingerprint density at radius 1 is 1.30 bits per heavy atom. The third kappa shape index (κ3) is 2.87. The highest BCUT2D eigenvalue weighted by molar-refractivity contribution is 5.99. The van der Waals surface area contributed by atoms with Gasteiger partial charge >= 0.3 is 0 Å². The Balaban J connectivity index is 2.20. The van der Waals surface area contributed by atoms with Crippen LogP contribution >= 0.6 is 0 Å². The van der Waals surface area contributed by atoms with E-state index in [2.05, 4.69) is 44.9 Å². The van der Waals surface area contributed by atoms with Crippen LogP contribution in [0.4, 0.5) is 0 Å². The number of H-pyrrole nitrogens is 1. The van der Waals surface area contributed by atoms with Crippen molar-refractivity contribution in [3.8, 4) is 0 Å². The topological polar surface area (TPSA) is 44.9 Å². The average molecular weight is 272 g/mol. The van der Waals surface area contributed by atoms with Gasteiger partial charge in [-0.05, 0) is 49.4 Å². The minimum Gasteiger partial charge on any atom is -0.358 e. The fourth-order valence-electron chi connectivity index (χ4n) is 2.15. The highest BCUT2D eigenvalue weighted by atomic mass is 16.1. The van der Waals surface area contributed by atoms with Gasteiger partial charge in [-0.25, -0.2) is 0 Å². The number of benzene rings is 1. The first-order chi connectivity index (χ1) is 9.34. The van der Waals surface area contributed by atoms with Gasteiger partial charge in [0.2, 0.25) is 0 Å². The molecule has 1 aromatic carbocycles. The summed E-state index contributed by atoms with van der Waals surface area (Å²) in [6.45, 7) is 11.3. The van der Waals surface area contributed by atoms with Crippen LogP contribution in [0.25, 0.3) is 10.9 Å². The SMILES string of the molecule is CCC(C)(C)CNC(=O)c1ccc2[nH]c(C)c(C)c2c1. The Hall–Kier alpha value is -1.77. The highest BCUT2D eigenvalue weighted by Gasteiger charge is 2.17. The third-order valence-electron chi connectivity index (χ3n) is 4.26. The van der Waals surface area contributed by atoms with Crippen LogP contribution in [-0.4, -0.2) is 17.4 Å². The van der Waals surface area contributed by atoms with Gasteiger partial charge in [0.1, 0.15) is 0 Å². The molecule has 0 bridgehead atoms. The fraction of sp³-hybridized carbons (Fsp3) is 0.471. The van der Waals surface area contributed by atoms with Crippen molar-refractivity contribution in [2.24, 2.45) is 5.41 Å². The number of aryl methyl sites for hydroxylation is 2. The number of hydrogen-bond donors (Lipinski definition) is 2. The fourth-order valence-corrected chi connectivity index (χ4v) is 2.15. The van der Waals surface area contributed by atoms with Crippen molar-refractivity contribution in [3.63, 3.8) is 0 Å². The summed E-state index contributed by atoms with van der Waals surface area (Å²) < 4.78 is 0. The maximum absolute atomic E-state index is 12.2. The van der Waals surface area contributed by atoms with Crippen LogP contribution < -0.4 is 5.32 Å². The average Bonchev–Trinajstić information content (AvgIpc) is 2.71. The molecular weight excluding hydrogens is 248 g/mol. The Bertz CT molecular complexity index is 638. The molecule has 2 rings (SSSR count). The molecule has 1 aromatic heterocycles. The molecule has 0 aliphatic rings. The van der Waals surface area contributed by atoms with Gasteiger partial charge in [0.05, 0.1) is 0 Å². The van der Waals surface area contributed by atoms with Gasteiger partial charge < -0.3 is 10.3 Å². The van der Waals surface area contributed by atoms with Gasteiger partial charge in [0.15, 0.2) is 0 Å². The van der Waals surface area contributed by atoms with E-state index in [-0.39, 0.29) is 11.3 Å². The number of amides is 1. The Labute approximate surface area is 120 Å². The maximum atomic E-state index is 12.2. The van der Waals surface area contributed by atoms with E-state index >= 15 is 0 Å². The Morgan fingerprint density at radius 2 is 2.00 bits per heavy atom. The first-order valence-corrected chi connectivity index (χ1v) is 7.21. The summed E-state index contributed by atoms with van der Waals surface area (Å²) in [5, 5.41) is 4.16. The van der Waals surface area contributed by atoms with Gasteiger partial charge in [0.25, 0.3) is 5.91 Å². The number of fused-ring (bicyclic) bond motifs is 1. The van der Waals surface area contributed by atoms with Crippen LogP contribution in [0.2, 0.25) is 0 Å². The summed E-state index contributed by atoms with van der Waals surface area (Å²) in [7, 11) is 0. The summed E-state index contributed by atoms with van der Waals surface area (Å²) in [5.41, 5.74) is 4.32. The lowest BCUT2D eigenvalue weighted by Crippen LogP contribution is -2.33. The van der Waals surface area contributed by atoms with Crippen LogP contribution in [0.5, 0.6) is 0 Å². The minimum absolute atomic E-state index is 0.00618. The molecule has 0 aliphatic carbocycles. The van der Waals surface area contributed by atoms with Crippen molar-refractivity contribution in [1.82, 2.24) is 10.3 Å². The molecule has 1 amide bonds. The lowest BCUT2D eigenvalue weighted by Gasteiger charge is -2.22. The van der Waals surface area contributed by atoms with Gasteiger partial charge in [-0.1, -0.05) is 20.8 Å². The number of aromatic nitrogens is 1. The quantitative estimate of drug-likeness (QED) is 0.869. The summed E-state index contributed by atoms with van der Waals surface area (Å²) >= 11 is 0. The predicted molar refractivity (Wildman–Crippen MR) is 84.2 cm³/mol. The molecule has 0 radical (unpaired) electrons. The first-order valence-electron chi connectivity index (χ1n) is 7.21. The van der Waals surface area contributed by atoms with Crippen LogP contribution in [0.3, 0.4) is 0 Å². The lowest BCUT2D eigenvalue weighted by molar-refractivity contribution is 0.0936. The van der Waals surface area contributed by atoms with Crippen LogP contribution in [0.1, 0.15) is 48.8 Å². The highest BCUT2D eigenvalue weighted by Crippen LogP contribution is 2.23. The Morgan fingerprint density at radius 3 is 2.65 bits per heavy atom. The van der Waals surface area contributed by atoms with Crippen LogP contribution in [-0.2, 0) is 0 Å². The molecule has 1 heterocycles. The molecule has 0 saturated carbocycles. The summed E-state index contributed by atoms with van der Waals surface area (Å²) in [6, 6.07) is 5.84. The van der Waals surface area contributed by atoms with Crippen molar-refractivity contribution in [2.75, 3.05) is 6.54 Å². The van der Waals surface area contributed by atoms with Crippen LogP contribution in [0, 0.1) is 19.3 Å². The van der Waals surface area contributed by atoms with E-state index < -0.39 is 0 Å². The van der Waals surface area contributed by atoms with Gasteiger partial charge in [-0.2, -0.15) is 0 Å². The summed E-state index contributed by atoms with van der Waals surface area (Å²) in [4.78, 5) is 15.6. The number of carbonyl (C=O) groups is 1. The second-order valence-electron chi connectivity index (χ2n) is 6.34. The van der Waals surface area contributed by atoms with E-state index in [1.54, 1.807) is 0 Å². The van der Waals surface area contributed by atoms with E-state index in [1.165, 1.54) is 5.56 Å². The largest absolute Gasteiger partial charge is 0.358 e. The second kappa shape index (κ2) is 5.31. The molecule has 3 nitrogen and oxygen atoms in total. The van der Waals surface area contributed by atoms with Crippen molar-refractivity contribution in [2.45, 2.75) is 41.0 Å². The number of carbonyl (C=O) groups excluding carboxylic acids is 1. The number of hydrogen-bond acceptors (Lipinski definition) is 1. The molecule has 0 atom stereocenters. The van der Waals surface area contributed by atoms with E-state index in [0.717, 1.165) is 28.6 Å². The molecule has 20 heavy (non-hydrogen) atoms. The van der Waals surface area contributed by atoms with Gasteiger partial charge in [-0.15, -0.1) is 0 Å². The number of nitrogens with one attached hydrogen (secondary N) is 2. The number of rotatable bonds is 4. The van der Waals surface area contributed by atoms with Gasteiger partial charge in [-0.3, -0.25) is 4.79 Å². The van der Waals surface area contributed by atoms with E-state index in [9.17, 15) is 4.79 Å². The number of aromatic amines is 1. The molecule has 0 unspecified atom stereocenters. The molecule has 3 heteroatoms. The third-order valence-corrected chi connectivity index (χ3v) is 4.26. The predicted octanol–water partition coefficient (Wildman–Crippen LogP) is 3.95. The standard InChI is InChI=1S/C17H24N2O/c1-6-17(4,5)10-18-16(20)13-7-8-15-14(9-13)11(2)12(3)19-15/h7-9,19H,6,10H2,1-5H3,(H,18,20). The summed E-state index contributed by atoms with van der Waals surface area (Å²) in [5.74, 6) is 0.00618. The maximum Gasteiger partial charge on any atom is 0.251 e. The molecule has 0 saturated heterocycles. The first kappa shape index (κ1) is 14.6. The minimum atomic E-state index is 0.00618. The van der Waals surface area contributed by atoms with Crippen molar-refractivity contribution < 1.29 is 4.79 Å². The smallest absolute Gasteiger partial charge is 0.251 e. The normalized spacial score (nSPS) is 11.8.